The van der Waals surface area contributed by atoms with E-state index in [0.29, 0.717) is 23.3 Å². The lowest BCUT2D eigenvalue weighted by Crippen LogP contribution is -2.57. The zero-order chi connectivity index (χ0) is 22.7. The number of rotatable bonds is 3. The number of fused-ring (bicyclic) bond motifs is 5. The predicted octanol–water partition coefficient (Wildman–Crippen LogP) is 6.58. The number of hydrogen-bond donors (Lipinski definition) is 1. The summed E-state index contributed by atoms with van der Waals surface area (Å²) in [4.78, 5) is 16.2. The Morgan fingerprint density at radius 1 is 0.938 bits per heavy atom. The average Bonchev–Trinajstić information content (AvgIpc) is 3.15. The molecule has 5 aliphatic rings. The summed E-state index contributed by atoms with van der Waals surface area (Å²) in [5.74, 6) is 3.88. The first-order chi connectivity index (χ1) is 15.3. The monoisotopic (exact) mass is 443 g/mol. The number of hydrogen-bond acceptors (Lipinski definition) is 2. The zero-order valence-electron chi connectivity index (χ0n) is 21.4. The summed E-state index contributed by atoms with van der Waals surface area (Å²) < 4.78 is 0. The van der Waals surface area contributed by atoms with Crippen molar-refractivity contribution in [2.75, 3.05) is 6.54 Å². The molecule has 0 radical (unpaired) electrons. The second kappa shape index (κ2) is 8.28. The summed E-state index contributed by atoms with van der Waals surface area (Å²) in [6.45, 7) is 10.3. The number of piperidine rings is 1. The molecule has 4 saturated carbocycles. The van der Waals surface area contributed by atoms with Crippen LogP contribution in [-0.4, -0.2) is 34.1 Å². The van der Waals surface area contributed by atoms with Gasteiger partial charge in [-0.05, 0) is 131 Å². The molecule has 0 aromatic rings. The summed E-state index contributed by atoms with van der Waals surface area (Å²) in [7, 11) is 0. The summed E-state index contributed by atoms with van der Waals surface area (Å²) in [5.41, 5.74) is 0.221. The highest BCUT2D eigenvalue weighted by molar-refractivity contribution is 5.80. The van der Waals surface area contributed by atoms with Crippen molar-refractivity contribution >= 4 is 5.91 Å². The van der Waals surface area contributed by atoms with Crippen LogP contribution in [-0.2, 0) is 4.79 Å². The van der Waals surface area contributed by atoms with E-state index in [2.05, 4.69) is 32.6 Å². The van der Waals surface area contributed by atoms with Crippen molar-refractivity contribution in [3.63, 3.8) is 0 Å². The fraction of sp³-hybridized carbons (Fsp3) is 0.966. The van der Waals surface area contributed by atoms with Crippen LogP contribution in [0.3, 0.4) is 0 Å². The van der Waals surface area contributed by atoms with E-state index in [9.17, 15) is 9.90 Å². The van der Waals surface area contributed by atoms with Crippen LogP contribution in [0.1, 0.15) is 118 Å². The van der Waals surface area contributed by atoms with E-state index in [1.807, 2.05) is 0 Å². The molecule has 0 aromatic carbocycles. The first-order valence-electron chi connectivity index (χ1n) is 14.3. The van der Waals surface area contributed by atoms with E-state index in [0.717, 1.165) is 50.0 Å². The molecule has 5 fully saturated rings. The molecule has 0 bridgehead atoms. The molecule has 1 aliphatic heterocycles. The molecular weight excluding hydrogens is 394 g/mol. The van der Waals surface area contributed by atoms with Crippen LogP contribution in [0.4, 0.5) is 0 Å². The van der Waals surface area contributed by atoms with Crippen molar-refractivity contribution in [1.29, 1.82) is 0 Å². The third-order valence-electron chi connectivity index (χ3n) is 12.0. The Kier molecular flexibility index (Phi) is 6.00. The van der Waals surface area contributed by atoms with Gasteiger partial charge < -0.3 is 10.0 Å². The maximum Gasteiger partial charge on any atom is 0.226 e. The summed E-state index contributed by atoms with van der Waals surface area (Å²) in [5, 5.41) is 10.8. The van der Waals surface area contributed by atoms with Crippen LogP contribution >= 0.6 is 0 Å². The van der Waals surface area contributed by atoms with Gasteiger partial charge in [-0.1, -0.05) is 20.8 Å². The van der Waals surface area contributed by atoms with Gasteiger partial charge in [-0.25, -0.2) is 0 Å². The van der Waals surface area contributed by atoms with Gasteiger partial charge in [0, 0.05) is 18.5 Å². The lowest BCUT2D eigenvalue weighted by Gasteiger charge is -2.63. The standard InChI is InChI=1S/C29H49NO2/c1-5-21-9-7-8-18-30(21)26(31)25-13-12-23-22-11-10-20-19-27(3,32)16-17-29(20,6-2)24(22)14-15-28(23,25)4/h20-25,32H,5-19H2,1-4H3/t20-,21+,22+,23+,24+,25-,27-,28+,29+/m1/s1. The lowest BCUT2D eigenvalue weighted by atomic mass is 9.43. The molecule has 32 heavy (non-hydrogen) atoms. The smallest absolute Gasteiger partial charge is 0.226 e. The van der Waals surface area contributed by atoms with Gasteiger partial charge in [0.2, 0.25) is 5.91 Å². The highest BCUT2D eigenvalue weighted by atomic mass is 16.3. The maximum absolute atomic E-state index is 13.9. The molecule has 0 spiro atoms. The van der Waals surface area contributed by atoms with Crippen LogP contribution in [0.25, 0.3) is 0 Å². The summed E-state index contributed by atoms with van der Waals surface area (Å²) in [6.07, 6.45) is 17.0. The van der Waals surface area contributed by atoms with Gasteiger partial charge in [-0.3, -0.25) is 4.79 Å². The Morgan fingerprint density at radius 3 is 2.50 bits per heavy atom. The molecule has 1 heterocycles. The summed E-state index contributed by atoms with van der Waals surface area (Å²) >= 11 is 0. The summed E-state index contributed by atoms with van der Waals surface area (Å²) in [6, 6.07) is 0.490. The Morgan fingerprint density at radius 2 is 1.75 bits per heavy atom. The van der Waals surface area contributed by atoms with Crippen LogP contribution in [0.5, 0.6) is 0 Å². The van der Waals surface area contributed by atoms with Gasteiger partial charge >= 0.3 is 0 Å². The normalized spacial score (nSPS) is 51.0. The molecule has 3 heteroatoms. The molecule has 0 unspecified atom stereocenters. The van der Waals surface area contributed by atoms with E-state index in [1.165, 1.54) is 64.2 Å². The number of aliphatic hydroxyl groups is 1. The maximum atomic E-state index is 13.9. The number of amides is 1. The van der Waals surface area contributed by atoms with Crippen molar-refractivity contribution in [1.82, 2.24) is 4.90 Å². The quantitative estimate of drug-likeness (QED) is 0.535. The third-order valence-corrected chi connectivity index (χ3v) is 12.0. The van der Waals surface area contributed by atoms with Gasteiger partial charge in [-0.15, -0.1) is 0 Å². The van der Waals surface area contributed by atoms with Crippen LogP contribution in [0.2, 0.25) is 0 Å². The number of carbonyl (C=O) groups is 1. The second-order valence-corrected chi connectivity index (χ2v) is 13.2. The molecule has 1 N–H and O–H groups in total. The van der Waals surface area contributed by atoms with Crippen LogP contribution in [0, 0.1) is 40.4 Å². The molecule has 9 atom stereocenters. The van der Waals surface area contributed by atoms with Crippen LogP contribution in [0.15, 0.2) is 0 Å². The molecule has 1 amide bonds. The fourth-order valence-corrected chi connectivity index (χ4v) is 10.3. The van der Waals surface area contributed by atoms with E-state index in [1.54, 1.807) is 0 Å². The Balaban J connectivity index is 1.37. The SMILES string of the molecule is CC[C@H]1CCCCN1C(=O)[C@H]1CC[C@H]2[C@@H]3CC[C@@H]4C[C@](C)(O)CC[C@]4(CC)[C@H]3CC[C@]12C. The van der Waals surface area contributed by atoms with Crippen molar-refractivity contribution < 1.29 is 9.90 Å². The molecule has 4 aliphatic carbocycles. The van der Waals surface area contributed by atoms with Crippen molar-refractivity contribution in [3.8, 4) is 0 Å². The highest BCUT2D eigenvalue weighted by Crippen LogP contribution is 2.69. The molecule has 5 rings (SSSR count). The van der Waals surface area contributed by atoms with Gasteiger partial charge in [0.25, 0.3) is 0 Å². The number of nitrogens with zero attached hydrogens (tertiary/aromatic N) is 1. The lowest BCUT2D eigenvalue weighted by molar-refractivity contribution is -0.163. The number of likely N-dealkylation sites (tertiary alicyclic amines) is 1. The number of carbonyl (C=O) groups excluding carboxylic acids is 1. The third kappa shape index (κ3) is 3.42. The van der Waals surface area contributed by atoms with Gasteiger partial charge in [0.1, 0.15) is 0 Å². The van der Waals surface area contributed by atoms with Crippen LogP contribution < -0.4 is 0 Å². The molecule has 1 saturated heterocycles. The van der Waals surface area contributed by atoms with Crippen molar-refractivity contribution in [2.24, 2.45) is 40.4 Å². The minimum atomic E-state index is -0.450. The van der Waals surface area contributed by atoms with E-state index >= 15 is 0 Å². The molecule has 3 nitrogen and oxygen atoms in total. The van der Waals surface area contributed by atoms with E-state index in [4.69, 9.17) is 0 Å². The Labute approximate surface area is 197 Å². The minimum Gasteiger partial charge on any atom is -0.390 e. The molecular formula is C29H49NO2. The second-order valence-electron chi connectivity index (χ2n) is 13.2. The highest BCUT2D eigenvalue weighted by Gasteiger charge is 2.63. The van der Waals surface area contributed by atoms with Gasteiger partial charge in [0.05, 0.1) is 5.60 Å². The first kappa shape index (κ1) is 23.2. The van der Waals surface area contributed by atoms with Crippen molar-refractivity contribution in [3.05, 3.63) is 0 Å². The average molecular weight is 444 g/mol. The van der Waals surface area contributed by atoms with E-state index < -0.39 is 5.60 Å². The predicted molar refractivity (Wildman–Crippen MR) is 130 cm³/mol. The largest absolute Gasteiger partial charge is 0.390 e. The Hall–Kier alpha value is -0.570. The topological polar surface area (TPSA) is 40.5 Å². The molecule has 182 valence electrons. The van der Waals surface area contributed by atoms with E-state index in [-0.39, 0.29) is 11.3 Å². The van der Waals surface area contributed by atoms with Gasteiger partial charge in [-0.2, -0.15) is 0 Å². The Bertz CT molecular complexity index is 718. The zero-order valence-corrected chi connectivity index (χ0v) is 21.4. The van der Waals surface area contributed by atoms with Crippen molar-refractivity contribution in [2.45, 2.75) is 129 Å². The molecule has 0 aromatic heterocycles. The fourth-order valence-electron chi connectivity index (χ4n) is 10.3. The van der Waals surface area contributed by atoms with Gasteiger partial charge in [0.15, 0.2) is 0 Å². The first-order valence-corrected chi connectivity index (χ1v) is 14.3. The minimum absolute atomic E-state index is 0.218.